The van der Waals surface area contributed by atoms with Crippen molar-refractivity contribution in [3.63, 3.8) is 0 Å². The van der Waals surface area contributed by atoms with Crippen molar-refractivity contribution < 1.29 is 9.47 Å². The van der Waals surface area contributed by atoms with Gasteiger partial charge < -0.3 is 14.8 Å². The lowest BCUT2D eigenvalue weighted by Gasteiger charge is -2.26. The van der Waals surface area contributed by atoms with Crippen molar-refractivity contribution in [2.24, 2.45) is 0 Å². The zero-order valence-electron chi connectivity index (χ0n) is 12.1. The predicted molar refractivity (Wildman–Crippen MR) is 75.1 cm³/mol. The van der Waals surface area contributed by atoms with E-state index in [1.54, 1.807) is 0 Å². The molecule has 0 aliphatic carbocycles. The summed E-state index contributed by atoms with van der Waals surface area (Å²) >= 11 is 0. The van der Waals surface area contributed by atoms with Crippen molar-refractivity contribution in [3.8, 4) is 0 Å². The molecule has 1 N–H and O–H groups in total. The molecule has 0 bridgehead atoms. The van der Waals surface area contributed by atoms with Crippen molar-refractivity contribution in [2.75, 3.05) is 52.5 Å². The Morgan fingerprint density at radius 1 is 1.17 bits per heavy atom. The van der Waals surface area contributed by atoms with Crippen LogP contribution in [-0.2, 0) is 9.47 Å². The molecule has 2 saturated heterocycles. The van der Waals surface area contributed by atoms with Gasteiger partial charge in [0.05, 0.1) is 25.9 Å². The molecule has 0 aromatic rings. The summed E-state index contributed by atoms with van der Waals surface area (Å²) in [5.74, 6) is 0. The second-order valence-corrected chi connectivity index (χ2v) is 4.91. The van der Waals surface area contributed by atoms with Gasteiger partial charge in [0.1, 0.15) is 0 Å². The standard InChI is InChI=1S/C8H17NO.C6H13NO/c1-2-3-4-9-5-7-10-8-6-9;1-2-6-5-7-3-4-8-6/h2-8H2,1H3;6-7H,2-5H2,1H3. The van der Waals surface area contributed by atoms with Crippen LogP contribution in [0.25, 0.3) is 0 Å². The average Bonchev–Trinajstić information content (AvgIpc) is 2.48. The fraction of sp³-hybridized carbons (Fsp3) is 1.00. The number of ether oxygens (including phenoxy) is 2. The molecule has 1 atom stereocenters. The van der Waals surface area contributed by atoms with Crippen LogP contribution >= 0.6 is 0 Å². The van der Waals surface area contributed by atoms with Crippen LogP contribution in [0.2, 0.25) is 0 Å². The third-order valence-electron chi connectivity index (χ3n) is 3.39. The molecule has 0 spiro atoms. The number of unbranched alkanes of at least 4 members (excludes halogenated alkanes) is 1. The van der Waals surface area contributed by atoms with Crippen LogP contribution in [0, 0.1) is 0 Å². The van der Waals surface area contributed by atoms with Gasteiger partial charge in [-0.05, 0) is 19.4 Å². The Morgan fingerprint density at radius 2 is 1.94 bits per heavy atom. The van der Waals surface area contributed by atoms with Gasteiger partial charge in [0.25, 0.3) is 0 Å². The molecule has 4 nitrogen and oxygen atoms in total. The van der Waals surface area contributed by atoms with E-state index >= 15 is 0 Å². The summed E-state index contributed by atoms with van der Waals surface area (Å²) in [6, 6.07) is 0. The predicted octanol–water partition coefficient (Wildman–Crippen LogP) is 1.50. The average molecular weight is 258 g/mol. The maximum Gasteiger partial charge on any atom is 0.0697 e. The number of nitrogens with zero attached hydrogens (tertiary/aromatic N) is 1. The second kappa shape index (κ2) is 10.7. The molecular formula is C14H30N2O2. The van der Waals surface area contributed by atoms with Crippen LogP contribution in [0.5, 0.6) is 0 Å². The van der Waals surface area contributed by atoms with E-state index in [1.165, 1.54) is 19.4 Å². The van der Waals surface area contributed by atoms with E-state index in [2.05, 4.69) is 24.1 Å². The normalized spacial score (nSPS) is 25.3. The highest BCUT2D eigenvalue weighted by atomic mass is 16.5. The number of rotatable bonds is 4. The van der Waals surface area contributed by atoms with Crippen LogP contribution in [-0.4, -0.2) is 63.5 Å². The Bertz CT molecular complexity index is 179. The first-order chi connectivity index (χ1) is 8.86. The lowest BCUT2D eigenvalue weighted by molar-refractivity contribution is 0.0267. The maximum absolute atomic E-state index is 5.36. The molecule has 0 radical (unpaired) electrons. The Labute approximate surface area is 112 Å². The molecule has 2 aliphatic heterocycles. The van der Waals surface area contributed by atoms with Crippen LogP contribution in [0.15, 0.2) is 0 Å². The number of morpholine rings is 2. The van der Waals surface area contributed by atoms with E-state index in [1.807, 2.05) is 0 Å². The first-order valence-corrected chi connectivity index (χ1v) is 7.49. The largest absolute Gasteiger partial charge is 0.379 e. The van der Waals surface area contributed by atoms with E-state index in [-0.39, 0.29) is 0 Å². The Hall–Kier alpha value is -0.160. The van der Waals surface area contributed by atoms with Crippen molar-refractivity contribution in [3.05, 3.63) is 0 Å². The van der Waals surface area contributed by atoms with Crippen molar-refractivity contribution in [2.45, 2.75) is 39.2 Å². The smallest absolute Gasteiger partial charge is 0.0697 e. The van der Waals surface area contributed by atoms with Crippen molar-refractivity contribution >= 4 is 0 Å². The molecule has 18 heavy (non-hydrogen) atoms. The minimum absolute atomic E-state index is 0.476. The summed E-state index contributed by atoms with van der Waals surface area (Å²) < 4.78 is 10.6. The van der Waals surface area contributed by atoms with E-state index in [9.17, 15) is 0 Å². The van der Waals surface area contributed by atoms with E-state index in [4.69, 9.17) is 9.47 Å². The summed E-state index contributed by atoms with van der Waals surface area (Å²) in [7, 11) is 0. The second-order valence-electron chi connectivity index (χ2n) is 4.91. The van der Waals surface area contributed by atoms with Gasteiger partial charge >= 0.3 is 0 Å². The van der Waals surface area contributed by atoms with Crippen LogP contribution in [0.4, 0.5) is 0 Å². The van der Waals surface area contributed by atoms with Crippen molar-refractivity contribution in [1.29, 1.82) is 0 Å². The van der Waals surface area contributed by atoms with Gasteiger partial charge in [0.15, 0.2) is 0 Å². The van der Waals surface area contributed by atoms with Gasteiger partial charge in [0.2, 0.25) is 0 Å². The van der Waals surface area contributed by atoms with Gasteiger partial charge in [-0.1, -0.05) is 20.3 Å². The first kappa shape index (κ1) is 15.9. The molecule has 2 aliphatic rings. The Morgan fingerprint density at radius 3 is 2.44 bits per heavy atom. The molecule has 1 unspecified atom stereocenters. The summed E-state index contributed by atoms with van der Waals surface area (Å²) in [6.45, 7) is 12.7. The van der Waals surface area contributed by atoms with Crippen LogP contribution in [0.3, 0.4) is 0 Å². The van der Waals surface area contributed by atoms with Gasteiger partial charge in [0, 0.05) is 26.2 Å². The number of hydrogen-bond acceptors (Lipinski definition) is 4. The summed E-state index contributed by atoms with van der Waals surface area (Å²) in [5, 5.41) is 3.26. The fourth-order valence-electron chi connectivity index (χ4n) is 2.09. The molecular weight excluding hydrogens is 228 g/mol. The van der Waals surface area contributed by atoms with E-state index in [0.717, 1.165) is 52.4 Å². The molecule has 0 aromatic heterocycles. The van der Waals surface area contributed by atoms with Gasteiger partial charge in [-0.15, -0.1) is 0 Å². The molecule has 0 saturated carbocycles. The van der Waals surface area contributed by atoms with E-state index < -0.39 is 0 Å². The highest BCUT2D eigenvalue weighted by Crippen LogP contribution is 1.99. The van der Waals surface area contributed by atoms with Crippen LogP contribution in [0.1, 0.15) is 33.1 Å². The molecule has 4 heteroatoms. The highest BCUT2D eigenvalue weighted by Gasteiger charge is 2.09. The van der Waals surface area contributed by atoms with Gasteiger partial charge in [-0.2, -0.15) is 0 Å². The maximum atomic E-state index is 5.36. The summed E-state index contributed by atoms with van der Waals surface area (Å²) in [6.07, 6.45) is 4.24. The monoisotopic (exact) mass is 258 g/mol. The van der Waals surface area contributed by atoms with Gasteiger partial charge in [-0.25, -0.2) is 0 Å². The van der Waals surface area contributed by atoms with Crippen LogP contribution < -0.4 is 5.32 Å². The van der Waals surface area contributed by atoms with Gasteiger partial charge in [-0.3, -0.25) is 4.90 Å². The van der Waals surface area contributed by atoms with Crippen molar-refractivity contribution in [1.82, 2.24) is 10.2 Å². The SMILES string of the molecule is CCC1CNCCO1.CCCCN1CCOCC1. The molecule has 2 rings (SSSR count). The molecule has 2 heterocycles. The zero-order valence-corrected chi connectivity index (χ0v) is 12.1. The quantitative estimate of drug-likeness (QED) is 0.828. The topological polar surface area (TPSA) is 33.7 Å². The lowest BCUT2D eigenvalue weighted by Crippen LogP contribution is -2.37. The minimum atomic E-state index is 0.476. The zero-order chi connectivity index (χ0) is 13.1. The highest BCUT2D eigenvalue weighted by molar-refractivity contribution is 4.64. The minimum Gasteiger partial charge on any atom is -0.379 e. The lowest BCUT2D eigenvalue weighted by atomic mass is 10.2. The molecule has 0 amide bonds. The fourth-order valence-corrected chi connectivity index (χ4v) is 2.09. The first-order valence-electron chi connectivity index (χ1n) is 7.49. The summed E-state index contributed by atoms with van der Waals surface area (Å²) in [5.41, 5.74) is 0. The number of nitrogens with one attached hydrogen (secondary N) is 1. The molecule has 0 aromatic carbocycles. The van der Waals surface area contributed by atoms with E-state index in [0.29, 0.717) is 6.10 Å². The third-order valence-corrected chi connectivity index (χ3v) is 3.39. The molecule has 2 fully saturated rings. The number of hydrogen-bond donors (Lipinski definition) is 1. The Kier molecular flexibility index (Phi) is 9.48. The Balaban J connectivity index is 0.000000184. The third kappa shape index (κ3) is 7.31. The summed E-state index contributed by atoms with van der Waals surface area (Å²) in [4.78, 5) is 2.48. The molecule has 108 valence electrons.